The first-order chi connectivity index (χ1) is 8.11. The van der Waals surface area contributed by atoms with Crippen LogP contribution in [0.5, 0.6) is 0 Å². The van der Waals surface area contributed by atoms with Crippen LogP contribution in [0.1, 0.15) is 18.9 Å². The number of ether oxygens (including phenoxy) is 2. The van der Waals surface area contributed by atoms with Crippen molar-refractivity contribution in [2.24, 2.45) is 0 Å². The number of nitriles is 1. The van der Waals surface area contributed by atoms with Crippen LogP contribution in [-0.4, -0.2) is 18.5 Å². The standard InChI is InChI=1S/C13H14BrNO2/c1-13(16-9-12(17-13)6-7-15)8-10-2-4-11(14)5-3-10/h2-5,12H,6,8-9H2,1H3. The van der Waals surface area contributed by atoms with Crippen molar-refractivity contribution < 1.29 is 9.47 Å². The third-order valence-electron chi connectivity index (χ3n) is 2.75. The lowest BCUT2D eigenvalue weighted by atomic mass is 10.1. The van der Waals surface area contributed by atoms with Gasteiger partial charge in [-0.1, -0.05) is 28.1 Å². The van der Waals surface area contributed by atoms with Crippen molar-refractivity contribution in [1.29, 1.82) is 5.26 Å². The monoisotopic (exact) mass is 295 g/mol. The first kappa shape index (κ1) is 12.6. The summed E-state index contributed by atoms with van der Waals surface area (Å²) < 4.78 is 12.5. The third kappa shape index (κ3) is 3.29. The Morgan fingerprint density at radius 2 is 2.18 bits per heavy atom. The number of hydrogen-bond acceptors (Lipinski definition) is 3. The Kier molecular flexibility index (Phi) is 3.82. The zero-order chi connectivity index (χ0) is 12.3. The normalized spacial score (nSPS) is 27.9. The molecule has 1 heterocycles. The van der Waals surface area contributed by atoms with Crippen LogP contribution in [0.4, 0.5) is 0 Å². The maximum atomic E-state index is 8.63. The highest BCUT2D eigenvalue weighted by Gasteiger charge is 2.37. The molecule has 1 aromatic rings. The predicted molar refractivity (Wildman–Crippen MR) is 67.3 cm³/mol. The minimum absolute atomic E-state index is 0.0968. The van der Waals surface area contributed by atoms with Gasteiger partial charge < -0.3 is 9.47 Å². The fraction of sp³-hybridized carbons (Fsp3) is 0.462. The molecule has 90 valence electrons. The molecule has 2 unspecified atom stereocenters. The topological polar surface area (TPSA) is 42.2 Å². The number of rotatable bonds is 3. The van der Waals surface area contributed by atoms with Gasteiger partial charge in [0, 0.05) is 10.9 Å². The molecular weight excluding hydrogens is 282 g/mol. The summed E-state index contributed by atoms with van der Waals surface area (Å²) >= 11 is 3.40. The molecule has 1 saturated heterocycles. The molecule has 17 heavy (non-hydrogen) atoms. The van der Waals surface area contributed by atoms with Crippen molar-refractivity contribution in [3.63, 3.8) is 0 Å². The molecular formula is C13H14BrNO2. The van der Waals surface area contributed by atoms with Gasteiger partial charge in [0.05, 0.1) is 25.2 Å². The quantitative estimate of drug-likeness (QED) is 0.861. The fourth-order valence-corrected chi connectivity index (χ4v) is 2.22. The number of benzene rings is 1. The largest absolute Gasteiger partial charge is 0.347 e. The van der Waals surface area contributed by atoms with Crippen molar-refractivity contribution in [2.75, 3.05) is 6.61 Å². The lowest BCUT2D eigenvalue weighted by Crippen LogP contribution is -2.29. The van der Waals surface area contributed by atoms with Gasteiger partial charge in [0.2, 0.25) is 0 Å². The Morgan fingerprint density at radius 1 is 1.47 bits per heavy atom. The van der Waals surface area contributed by atoms with Crippen molar-refractivity contribution in [2.45, 2.75) is 31.7 Å². The smallest absolute Gasteiger partial charge is 0.170 e. The molecule has 2 atom stereocenters. The molecule has 1 aliphatic rings. The van der Waals surface area contributed by atoms with Crippen LogP contribution in [0.3, 0.4) is 0 Å². The molecule has 3 nitrogen and oxygen atoms in total. The molecule has 0 spiro atoms. The Hall–Kier alpha value is -0.890. The van der Waals surface area contributed by atoms with Gasteiger partial charge >= 0.3 is 0 Å². The lowest BCUT2D eigenvalue weighted by Gasteiger charge is -2.23. The second-order valence-electron chi connectivity index (χ2n) is 4.35. The number of hydrogen-bond donors (Lipinski definition) is 0. The second kappa shape index (κ2) is 5.18. The summed E-state index contributed by atoms with van der Waals surface area (Å²) in [5.74, 6) is -0.602. The van der Waals surface area contributed by atoms with Gasteiger partial charge in [0.1, 0.15) is 0 Å². The molecule has 1 aliphatic heterocycles. The van der Waals surface area contributed by atoms with Crippen LogP contribution in [0.2, 0.25) is 0 Å². The molecule has 2 rings (SSSR count). The molecule has 0 bridgehead atoms. The van der Waals surface area contributed by atoms with Crippen LogP contribution >= 0.6 is 15.9 Å². The highest BCUT2D eigenvalue weighted by Crippen LogP contribution is 2.28. The van der Waals surface area contributed by atoms with E-state index in [1.165, 1.54) is 0 Å². The zero-order valence-electron chi connectivity index (χ0n) is 9.65. The van der Waals surface area contributed by atoms with E-state index in [9.17, 15) is 0 Å². The summed E-state index contributed by atoms with van der Waals surface area (Å²) in [6.45, 7) is 2.42. The second-order valence-corrected chi connectivity index (χ2v) is 5.27. The van der Waals surface area contributed by atoms with Crippen LogP contribution < -0.4 is 0 Å². The molecule has 0 aromatic heterocycles. The van der Waals surface area contributed by atoms with E-state index in [0.717, 1.165) is 10.0 Å². The molecule has 0 radical (unpaired) electrons. The van der Waals surface area contributed by atoms with Crippen molar-refractivity contribution in [3.8, 4) is 6.07 Å². The van der Waals surface area contributed by atoms with E-state index in [1.807, 2.05) is 31.2 Å². The molecule has 0 N–H and O–H groups in total. The summed E-state index contributed by atoms with van der Waals surface area (Å²) in [5, 5.41) is 8.63. The summed E-state index contributed by atoms with van der Waals surface area (Å²) in [6.07, 6.45) is 0.985. The van der Waals surface area contributed by atoms with E-state index in [4.69, 9.17) is 14.7 Å². The zero-order valence-corrected chi connectivity index (χ0v) is 11.2. The van der Waals surface area contributed by atoms with Crippen molar-refractivity contribution in [1.82, 2.24) is 0 Å². The Labute approximate surface area is 109 Å². The summed E-state index contributed by atoms with van der Waals surface area (Å²) in [7, 11) is 0. The lowest BCUT2D eigenvalue weighted by molar-refractivity contribution is -0.151. The van der Waals surface area contributed by atoms with Crippen LogP contribution in [0.25, 0.3) is 0 Å². The molecule has 0 aliphatic carbocycles. The average Bonchev–Trinajstić information content (AvgIpc) is 2.64. The van der Waals surface area contributed by atoms with E-state index in [2.05, 4.69) is 22.0 Å². The summed E-state index contributed by atoms with van der Waals surface area (Å²) in [6, 6.07) is 10.2. The number of halogens is 1. The SMILES string of the molecule is CC1(Cc2ccc(Br)cc2)OCC(CC#N)O1. The fourth-order valence-electron chi connectivity index (χ4n) is 1.96. The van der Waals surface area contributed by atoms with Gasteiger partial charge in [-0.25, -0.2) is 0 Å². The highest BCUT2D eigenvalue weighted by molar-refractivity contribution is 9.10. The summed E-state index contributed by atoms with van der Waals surface area (Å²) in [4.78, 5) is 0. The highest BCUT2D eigenvalue weighted by atomic mass is 79.9. The van der Waals surface area contributed by atoms with Gasteiger partial charge in [-0.15, -0.1) is 0 Å². The van der Waals surface area contributed by atoms with Crippen molar-refractivity contribution >= 4 is 15.9 Å². The van der Waals surface area contributed by atoms with Crippen LogP contribution in [0, 0.1) is 11.3 Å². The maximum absolute atomic E-state index is 8.63. The molecule has 1 fully saturated rings. The van der Waals surface area contributed by atoms with Crippen LogP contribution in [0.15, 0.2) is 28.7 Å². The van der Waals surface area contributed by atoms with Gasteiger partial charge in [0.25, 0.3) is 0 Å². The maximum Gasteiger partial charge on any atom is 0.170 e. The first-order valence-electron chi connectivity index (χ1n) is 5.54. The molecule has 0 amide bonds. The average molecular weight is 296 g/mol. The third-order valence-corrected chi connectivity index (χ3v) is 3.28. The first-order valence-corrected chi connectivity index (χ1v) is 6.34. The minimum Gasteiger partial charge on any atom is -0.347 e. The van der Waals surface area contributed by atoms with E-state index in [-0.39, 0.29) is 6.10 Å². The van der Waals surface area contributed by atoms with Gasteiger partial charge in [-0.05, 0) is 24.6 Å². The Balaban J connectivity index is 1.99. The Morgan fingerprint density at radius 3 is 2.82 bits per heavy atom. The van der Waals surface area contributed by atoms with E-state index in [0.29, 0.717) is 19.4 Å². The number of nitrogens with zero attached hydrogens (tertiary/aromatic N) is 1. The Bertz CT molecular complexity index is 426. The van der Waals surface area contributed by atoms with E-state index < -0.39 is 5.79 Å². The minimum atomic E-state index is -0.602. The van der Waals surface area contributed by atoms with Gasteiger partial charge in [-0.3, -0.25) is 0 Å². The van der Waals surface area contributed by atoms with Gasteiger partial charge in [0.15, 0.2) is 5.79 Å². The van der Waals surface area contributed by atoms with Crippen molar-refractivity contribution in [3.05, 3.63) is 34.3 Å². The summed E-state index contributed by atoms with van der Waals surface area (Å²) in [5.41, 5.74) is 1.16. The molecule has 4 heteroatoms. The van der Waals surface area contributed by atoms with Gasteiger partial charge in [-0.2, -0.15) is 5.26 Å². The predicted octanol–water partition coefficient (Wildman–Crippen LogP) is 3.04. The van der Waals surface area contributed by atoms with Crippen LogP contribution in [-0.2, 0) is 15.9 Å². The molecule has 1 aromatic carbocycles. The van der Waals surface area contributed by atoms with E-state index in [1.54, 1.807) is 0 Å². The van der Waals surface area contributed by atoms with E-state index >= 15 is 0 Å². The molecule has 0 saturated carbocycles.